The number of pyridine rings is 1. The molecular weight excluding hydrogens is 313 g/mol. The van der Waals surface area contributed by atoms with E-state index < -0.39 is 0 Å². The molecule has 3 heterocycles. The van der Waals surface area contributed by atoms with E-state index in [1.165, 1.54) is 60.7 Å². The molecule has 0 amide bonds. The van der Waals surface area contributed by atoms with Crippen LogP contribution in [0.1, 0.15) is 0 Å². The Balaban J connectivity index is 1.83. The fourth-order valence-electron chi connectivity index (χ4n) is 5.37. The molecule has 4 aliphatic rings. The van der Waals surface area contributed by atoms with E-state index in [9.17, 15) is 0 Å². The van der Waals surface area contributed by atoms with E-state index in [4.69, 9.17) is 0 Å². The van der Waals surface area contributed by atoms with Gasteiger partial charge in [0.15, 0.2) is 0 Å². The third-order valence-corrected chi connectivity index (χ3v) is 6.28. The van der Waals surface area contributed by atoms with Crippen molar-refractivity contribution >= 4 is 33.9 Å². The number of rotatable bonds is 0. The molecule has 1 nitrogen and oxygen atoms in total. The molecule has 2 heteroatoms. The number of fused-ring (bicyclic) bond motifs is 7. The molecule has 118 valence electrons. The molecule has 1 N–H and O–H groups in total. The first kappa shape index (κ1) is 13.0. The molecule has 0 radical (unpaired) electrons. The maximum atomic E-state index is 3.56. The van der Waals surface area contributed by atoms with Crippen LogP contribution in [-0.4, -0.2) is 11.7 Å². The van der Waals surface area contributed by atoms with E-state index >= 15 is 0 Å². The number of nitrogens with one attached hydrogen (secondary N) is 1. The van der Waals surface area contributed by atoms with E-state index in [2.05, 4.69) is 84.0 Å². The van der Waals surface area contributed by atoms with Gasteiger partial charge < -0.3 is 4.98 Å². The molecule has 0 saturated heterocycles. The molecule has 0 unspecified atom stereocenters. The smallest absolute Gasteiger partial charge is 0.244 e. The van der Waals surface area contributed by atoms with Crippen LogP contribution in [0.2, 0.25) is 0 Å². The van der Waals surface area contributed by atoms with Crippen molar-refractivity contribution in [2.75, 3.05) is 0 Å². The monoisotopic (exact) mass is 327 g/mol. The van der Waals surface area contributed by atoms with E-state index in [-0.39, 0.29) is 0 Å². The van der Waals surface area contributed by atoms with Crippen LogP contribution in [0.25, 0.3) is 44.3 Å². The summed E-state index contributed by atoms with van der Waals surface area (Å²) in [5.74, 6) is 0. The fourth-order valence-corrected chi connectivity index (χ4v) is 5.37. The lowest BCUT2D eigenvalue weighted by molar-refractivity contribution is 1.34. The molecule has 0 saturated carbocycles. The second-order valence-electron chi connectivity index (χ2n) is 7.39. The highest BCUT2D eigenvalue weighted by atomic mass is 14.7. The predicted molar refractivity (Wildman–Crippen MR) is 110 cm³/mol. The van der Waals surface area contributed by atoms with Gasteiger partial charge in [-0.05, 0) is 39.1 Å². The molecule has 26 heavy (non-hydrogen) atoms. The number of H-pyrrole nitrogens is 1. The quantitative estimate of drug-likeness (QED) is 0.408. The fraction of sp³-hybridized carbons (Fsp3) is 0. The van der Waals surface area contributed by atoms with Gasteiger partial charge >= 0.3 is 0 Å². The summed E-state index contributed by atoms with van der Waals surface area (Å²) in [5, 5.41) is 2.83. The van der Waals surface area contributed by atoms with Gasteiger partial charge in [-0.25, -0.2) is 0 Å². The van der Waals surface area contributed by atoms with E-state index in [0.717, 1.165) is 0 Å². The van der Waals surface area contributed by atoms with Gasteiger partial charge in [0.05, 0.1) is 5.69 Å². The number of aromatic amines is 1. The Morgan fingerprint density at radius 1 is 0.615 bits per heavy atom. The molecule has 0 fully saturated rings. The molecule has 0 aromatic heterocycles. The van der Waals surface area contributed by atoms with E-state index in [1.54, 1.807) is 0 Å². The lowest BCUT2D eigenvalue weighted by Gasteiger charge is -2.31. The zero-order valence-corrected chi connectivity index (χ0v) is 14.1. The van der Waals surface area contributed by atoms with Gasteiger partial charge in [0, 0.05) is 11.8 Å². The standard InChI is InChI=1S/C24H14BN/c1-3-10-19-14(6-1)15-8-5-9-16-17-12-13-26-24-18-7-2-4-11-20(18)25(19)23(21(15)16)22(17)24/h1-13,26H. The van der Waals surface area contributed by atoms with Crippen LogP contribution in [0.15, 0.2) is 79.0 Å². The Kier molecular flexibility index (Phi) is 2.14. The second-order valence-corrected chi connectivity index (χ2v) is 7.39. The Morgan fingerprint density at radius 3 is 2.23 bits per heavy atom. The van der Waals surface area contributed by atoms with Gasteiger partial charge in [0.2, 0.25) is 6.71 Å². The molecule has 0 bridgehead atoms. The molecule has 3 aromatic rings. The Hall–Kier alpha value is -3.26. The first-order chi connectivity index (χ1) is 12.9. The van der Waals surface area contributed by atoms with Crippen molar-refractivity contribution in [3.8, 4) is 33.5 Å². The molecule has 0 atom stereocenters. The SMILES string of the molecule is c1ccc2c(c1)B1c3ccccc3-c3cccc4c5cc[nH]c-2c-5c1c34. The van der Waals surface area contributed by atoms with Gasteiger partial charge in [-0.3, -0.25) is 0 Å². The van der Waals surface area contributed by atoms with Crippen molar-refractivity contribution in [2.45, 2.75) is 0 Å². The van der Waals surface area contributed by atoms with Crippen LogP contribution in [0.3, 0.4) is 0 Å². The predicted octanol–water partition coefficient (Wildman–Crippen LogP) is 3.75. The van der Waals surface area contributed by atoms with Crippen molar-refractivity contribution in [1.82, 2.24) is 4.98 Å². The summed E-state index contributed by atoms with van der Waals surface area (Å²) in [6, 6.07) is 26.9. The van der Waals surface area contributed by atoms with Gasteiger partial charge in [-0.2, -0.15) is 0 Å². The summed E-state index contributed by atoms with van der Waals surface area (Å²) in [4.78, 5) is 3.56. The number of hydrogen-bond acceptors (Lipinski definition) is 0. The van der Waals surface area contributed by atoms with Crippen LogP contribution in [0, 0.1) is 0 Å². The number of benzene rings is 3. The van der Waals surface area contributed by atoms with Crippen LogP contribution >= 0.6 is 0 Å². The van der Waals surface area contributed by atoms with E-state index in [1.807, 2.05) is 0 Å². The zero-order chi connectivity index (χ0) is 16.8. The van der Waals surface area contributed by atoms with Gasteiger partial charge in [-0.1, -0.05) is 83.1 Å². The molecule has 3 aromatic carbocycles. The van der Waals surface area contributed by atoms with Crippen LogP contribution in [0.5, 0.6) is 0 Å². The summed E-state index contributed by atoms with van der Waals surface area (Å²) in [7, 11) is 0. The normalized spacial score (nSPS) is 13.3. The maximum absolute atomic E-state index is 3.56. The summed E-state index contributed by atoms with van der Waals surface area (Å²) in [6.07, 6.45) is 2.09. The summed E-state index contributed by atoms with van der Waals surface area (Å²) in [6.45, 7) is 0.320. The summed E-state index contributed by atoms with van der Waals surface area (Å²) < 4.78 is 0. The molecular formula is C24H14BN. The van der Waals surface area contributed by atoms with Crippen molar-refractivity contribution < 1.29 is 0 Å². The van der Waals surface area contributed by atoms with Gasteiger partial charge in [-0.15, -0.1) is 0 Å². The Bertz CT molecular complexity index is 1340. The molecule has 0 spiro atoms. The minimum absolute atomic E-state index is 0.320. The van der Waals surface area contributed by atoms with E-state index in [0.29, 0.717) is 6.71 Å². The second kappa shape index (κ2) is 4.28. The summed E-state index contributed by atoms with van der Waals surface area (Å²) in [5.41, 5.74) is 12.5. The Morgan fingerprint density at radius 2 is 1.35 bits per heavy atom. The number of hydrogen-bond donors (Lipinski definition) is 1. The highest BCUT2D eigenvalue weighted by molar-refractivity contribution is 7.01. The van der Waals surface area contributed by atoms with Crippen molar-refractivity contribution in [3.63, 3.8) is 0 Å². The number of aromatic nitrogens is 1. The average molecular weight is 327 g/mol. The third kappa shape index (κ3) is 1.30. The lowest BCUT2D eigenvalue weighted by atomic mass is 9.31. The first-order valence-corrected chi connectivity index (χ1v) is 9.18. The molecule has 1 aliphatic carbocycles. The first-order valence-electron chi connectivity index (χ1n) is 9.18. The largest absolute Gasteiger partial charge is 0.361 e. The van der Waals surface area contributed by atoms with Crippen LogP contribution < -0.4 is 16.4 Å². The Labute approximate surface area is 151 Å². The van der Waals surface area contributed by atoms with Crippen molar-refractivity contribution in [1.29, 1.82) is 0 Å². The highest BCUT2D eigenvalue weighted by Crippen LogP contribution is 2.45. The van der Waals surface area contributed by atoms with Crippen molar-refractivity contribution in [3.05, 3.63) is 79.0 Å². The minimum Gasteiger partial charge on any atom is -0.361 e. The molecule has 7 rings (SSSR count). The van der Waals surface area contributed by atoms with Gasteiger partial charge in [0.25, 0.3) is 0 Å². The van der Waals surface area contributed by atoms with Gasteiger partial charge in [0.1, 0.15) is 0 Å². The zero-order valence-electron chi connectivity index (χ0n) is 14.1. The van der Waals surface area contributed by atoms with Crippen LogP contribution in [-0.2, 0) is 0 Å². The maximum Gasteiger partial charge on any atom is 0.244 e. The lowest BCUT2D eigenvalue weighted by Crippen LogP contribution is -2.56. The van der Waals surface area contributed by atoms with Crippen LogP contribution in [0.4, 0.5) is 0 Å². The topological polar surface area (TPSA) is 15.8 Å². The third-order valence-electron chi connectivity index (χ3n) is 6.28. The average Bonchev–Trinajstić information content (AvgIpc) is 3.05. The molecule has 3 aliphatic heterocycles. The minimum atomic E-state index is 0.320. The highest BCUT2D eigenvalue weighted by Gasteiger charge is 2.41. The van der Waals surface area contributed by atoms with Crippen molar-refractivity contribution in [2.24, 2.45) is 0 Å². The summed E-state index contributed by atoms with van der Waals surface area (Å²) >= 11 is 0.